The summed E-state index contributed by atoms with van der Waals surface area (Å²) in [5.41, 5.74) is -0.00572. The predicted octanol–water partition coefficient (Wildman–Crippen LogP) is 0.198. The third kappa shape index (κ3) is 3.07. The average Bonchev–Trinajstić information content (AvgIpc) is 2.99. The van der Waals surface area contributed by atoms with E-state index in [4.69, 9.17) is 5.11 Å². The normalized spacial score (nSPS) is 15.8. The molecule has 18 heavy (non-hydrogen) atoms. The van der Waals surface area contributed by atoms with Gasteiger partial charge in [-0.1, -0.05) is 5.16 Å². The zero-order chi connectivity index (χ0) is 13.0. The van der Waals surface area contributed by atoms with Crippen molar-refractivity contribution in [2.45, 2.75) is 12.8 Å². The molecule has 7 heteroatoms. The van der Waals surface area contributed by atoms with Gasteiger partial charge in [-0.05, 0) is 25.9 Å². The van der Waals surface area contributed by atoms with E-state index >= 15 is 0 Å². The van der Waals surface area contributed by atoms with E-state index < -0.39 is 11.9 Å². The topological polar surface area (TPSA) is 95.7 Å². The molecule has 1 aromatic rings. The Bertz CT molecular complexity index is 437. The number of rotatable bonds is 5. The van der Waals surface area contributed by atoms with Crippen LogP contribution in [0.1, 0.15) is 33.9 Å². The lowest BCUT2D eigenvalue weighted by molar-refractivity contribution is 0.0651. The van der Waals surface area contributed by atoms with E-state index in [1.54, 1.807) is 0 Å². The summed E-state index contributed by atoms with van der Waals surface area (Å²) in [6.07, 6.45) is 2.42. The van der Waals surface area contributed by atoms with E-state index in [2.05, 4.69) is 19.9 Å². The third-order valence-corrected chi connectivity index (χ3v) is 2.87. The van der Waals surface area contributed by atoms with Crippen molar-refractivity contribution in [3.8, 4) is 0 Å². The summed E-state index contributed by atoms with van der Waals surface area (Å²) < 4.78 is 4.51. The van der Waals surface area contributed by atoms with Gasteiger partial charge in [0.25, 0.3) is 5.91 Å². The Labute approximate surface area is 104 Å². The van der Waals surface area contributed by atoms with Crippen LogP contribution in [0, 0.1) is 0 Å². The molecule has 0 saturated carbocycles. The van der Waals surface area contributed by atoms with Crippen molar-refractivity contribution in [3.05, 3.63) is 17.5 Å². The van der Waals surface area contributed by atoms with Crippen molar-refractivity contribution in [2.24, 2.45) is 0 Å². The zero-order valence-electron chi connectivity index (χ0n) is 9.89. The molecule has 0 atom stereocenters. The monoisotopic (exact) mass is 253 g/mol. The van der Waals surface area contributed by atoms with Crippen molar-refractivity contribution >= 4 is 11.9 Å². The quantitative estimate of drug-likeness (QED) is 0.778. The standard InChI is InChI=1S/C11H15N3O4/c15-10(8-7-9(11(16)17)18-13-8)12-3-6-14-4-1-2-5-14/h7H,1-6H2,(H,12,15)(H,16,17). The van der Waals surface area contributed by atoms with E-state index in [1.807, 2.05) is 0 Å². The number of aromatic carboxylic acids is 1. The van der Waals surface area contributed by atoms with E-state index in [0.29, 0.717) is 6.54 Å². The first-order chi connectivity index (χ1) is 8.66. The first-order valence-corrected chi connectivity index (χ1v) is 5.87. The number of amides is 1. The third-order valence-electron chi connectivity index (χ3n) is 2.87. The van der Waals surface area contributed by atoms with Crippen LogP contribution in [-0.4, -0.2) is 53.2 Å². The summed E-state index contributed by atoms with van der Waals surface area (Å²) >= 11 is 0. The smallest absolute Gasteiger partial charge is 0.374 e. The molecule has 0 aromatic carbocycles. The molecule has 2 heterocycles. The minimum absolute atomic E-state index is 0.00572. The number of aromatic nitrogens is 1. The fourth-order valence-corrected chi connectivity index (χ4v) is 1.91. The highest BCUT2D eigenvalue weighted by Crippen LogP contribution is 2.06. The number of carboxylic acids is 1. The molecule has 98 valence electrons. The molecule has 0 spiro atoms. The minimum Gasteiger partial charge on any atom is -0.475 e. The van der Waals surface area contributed by atoms with Crippen LogP contribution in [-0.2, 0) is 0 Å². The second-order valence-corrected chi connectivity index (χ2v) is 4.19. The van der Waals surface area contributed by atoms with Crippen molar-refractivity contribution in [1.82, 2.24) is 15.4 Å². The molecule has 1 fully saturated rings. The molecule has 0 bridgehead atoms. The predicted molar refractivity (Wildman–Crippen MR) is 61.5 cm³/mol. The number of nitrogens with one attached hydrogen (secondary N) is 1. The summed E-state index contributed by atoms with van der Waals surface area (Å²) in [6, 6.07) is 1.12. The molecule has 2 rings (SSSR count). The van der Waals surface area contributed by atoms with Gasteiger partial charge in [0.1, 0.15) is 0 Å². The van der Waals surface area contributed by atoms with Gasteiger partial charge in [0.15, 0.2) is 5.69 Å². The highest BCUT2D eigenvalue weighted by molar-refractivity contribution is 5.94. The second kappa shape index (κ2) is 5.63. The van der Waals surface area contributed by atoms with Gasteiger partial charge in [0.2, 0.25) is 5.76 Å². The Morgan fingerprint density at radius 3 is 2.78 bits per heavy atom. The maximum atomic E-state index is 11.6. The number of carbonyl (C=O) groups is 2. The van der Waals surface area contributed by atoms with Crippen LogP contribution in [0.25, 0.3) is 0 Å². The van der Waals surface area contributed by atoms with Crippen LogP contribution < -0.4 is 5.32 Å². The summed E-state index contributed by atoms with van der Waals surface area (Å²) in [5, 5.41) is 14.7. The average molecular weight is 253 g/mol. The molecular formula is C11H15N3O4. The summed E-state index contributed by atoms with van der Waals surface area (Å²) in [6.45, 7) is 3.47. The maximum Gasteiger partial charge on any atom is 0.374 e. The number of carboxylic acid groups (broad SMARTS) is 1. The Morgan fingerprint density at radius 1 is 1.44 bits per heavy atom. The van der Waals surface area contributed by atoms with Crippen molar-refractivity contribution in [1.29, 1.82) is 0 Å². The van der Waals surface area contributed by atoms with Gasteiger partial charge in [-0.25, -0.2) is 4.79 Å². The Hall–Kier alpha value is -1.89. The van der Waals surface area contributed by atoms with Gasteiger partial charge in [-0.2, -0.15) is 0 Å². The molecule has 1 saturated heterocycles. The molecule has 1 aliphatic rings. The highest BCUT2D eigenvalue weighted by atomic mass is 16.5. The molecule has 0 aliphatic carbocycles. The second-order valence-electron chi connectivity index (χ2n) is 4.19. The van der Waals surface area contributed by atoms with Gasteiger partial charge in [0.05, 0.1) is 0 Å². The number of likely N-dealkylation sites (tertiary alicyclic amines) is 1. The minimum atomic E-state index is -1.24. The summed E-state index contributed by atoms with van der Waals surface area (Å²) in [4.78, 5) is 24.4. The summed E-state index contributed by atoms with van der Waals surface area (Å²) in [7, 11) is 0. The van der Waals surface area contributed by atoms with Crippen LogP contribution in [0.4, 0.5) is 0 Å². The number of carbonyl (C=O) groups excluding carboxylic acids is 1. The zero-order valence-corrected chi connectivity index (χ0v) is 9.89. The lowest BCUT2D eigenvalue weighted by Crippen LogP contribution is -2.33. The number of hydrogen-bond donors (Lipinski definition) is 2. The van der Waals surface area contributed by atoms with Gasteiger partial charge < -0.3 is 19.8 Å². The molecule has 1 aliphatic heterocycles. The SMILES string of the molecule is O=C(NCCN1CCCC1)c1cc(C(=O)O)on1. The lowest BCUT2D eigenvalue weighted by Gasteiger charge is -2.13. The Kier molecular flexibility index (Phi) is 3.93. The van der Waals surface area contributed by atoms with E-state index in [-0.39, 0.29) is 11.5 Å². The highest BCUT2D eigenvalue weighted by Gasteiger charge is 2.17. The lowest BCUT2D eigenvalue weighted by atomic mass is 10.3. The van der Waals surface area contributed by atoms with Crippen molar-refractivity contribution < 1.29 is 19.2 Å². The van der Waals surface area contributed by atoms with Gasteiger partial charge in [-0.3, -0.25) is 4.79 Å². The number of nitrogens with zero attached hydrogens (tertiary/aromatic N) is 2. The van der Waals surface area contributed by atoms with Crippen LogP contribution in [0.5, 0.6) is 0 Å². The van der Waals surface area contributed by atoms with Crippen LogP contribution in [0.15, 0.2) is 10.6 Å². The van der Waals surface area contributed by atoms with E-state index in [1.165, 1.54) is 12.8 Å². The fraction of sp³-hybridized carbons (Fsp3) is 0.545. The van der Waals surface area contributed by atoms with E-state index in [9.17, 15) is 9.59 Å². The molecule has 1 amide bonds. The largest absolute Gasteiger partial charge is 0.475 e. The first-order valence-electron chi connectivity index (χ1n) is 5.87. The molecule has 7 nitrogen and oxygen atoms in total. The first kappa shape index (κ1) is 12.6. The van der Waals surface area contributed by atoms with Crippen LogP contribution >= 0.6 is 0 Å². The van der Waals surface area contributed by atoms with E-state index in [0.717, 1.165) is 25.7 Å². The fourth-order valence-electron chi connectivity index (χ4n) is 1.91. The Balaban J connectivity index is 1.77. The van der Waals surface area contributed by atoms with Crippen molar-refractivity contribution in [2.75, 3.05) is 26.2 Å². The van der Waals surface area contributed by atoms with Crippen LogP contribution in [0.2, 0.25) is 0 Å². The molecule has 0 radical (unpaired) electrons. The molecule has 0 unspecified atom stereocenters. The molecule has 1 aromatic heterocycles. The maximum absolute atomic E-state index is 11.6. The van der Waals surface area contributed by atoms with Gasteiger partial charge in [-0.15, -0.1) is 0 Å². The molecule has 2 N–H and O–H groups in total. The molecular weight excluding hydrogens is 238 g/mol. The Morgan fingerprint density at radius 2 is 2.17 bits per heavy atom. The van der Waals surface area contributed by atoms with Gasteiger partial charge >= 0.3 is 5.97 Å². The van der Waals surface area contributed by atoms with Crippen molar-refractivity contribution in [3.63, 3.8) is 0 Å². The van der Waals surface area contributed by atoms with Crippen LogP contribution in [0.3, 0.4) is 0 Å². The number of hydrogen-bond acceptors (Lipinski definition) is 5. The summed E-state index contributed by atoms with van der Waals surface area (Å²) in [5.74, 6) is -1.98. The van der Waals surface area contributed by atoms with Gasteiger partial charge in [0, 0.05) is 19.2 Å².